The number of pyridine rings is 1. The largest absolute Gasteiger partial charge is 0.433 e. The average Bonchev–Trinajstić information content (AvgIpc) is 3.05. The van der Waals surface area contributed by atoms with Crippen LogP contribution in [0.2, 0.25) is 0 Å². The summed E-state index contributed by atoms with van der Waals surface area (Å²) in [5.74, 6) is 0.0954. The van der Waals surface area contributed by atoms with E-state index in [2.05, 4.69) is 20.3 Å². The Hall–Kier alpha value is -3.53. The van der Waals surface area contributed by atoms with E-state index in [0.717, 1.165) is 42.8 Å². The maximum absolute atomic E-state index is 12.8. The van der Waals surface area contributed by atoms with Crippen LogP contribution >= 0.6 is 0 Å². The molecule has 2 aromatic heterocycles. The fourth-order valence-electron chi connectivity index (χ4n) is 3.66. The Bertz CT molecular complexity index is 1090. The van der Waals surface area contributed by atoms with E-state index >= 15 is 0 Å². The van der Waals surface area contributed by atoms with Gasteiger partial charge in [0.1, 0.15) is 17.2 Å². The van der Waals surface area contributed by atoms with Gasteiger partial charge in [0.15, 0.2) is 0 Å². The number of carbonyl (C=O) groups is 1. The third-order valence-corrected chi connectivity index (χ3v) is 5.36. The van der Waals surface area contributed by atoms with Crippen LogP contribution in [0.3, 0.4) is 0 Å². The Kier molecular flexibility index (Phi) is 6.04. The van der Waals surface area contributed by atoms with Crippen molar-refractivity contribution in [3.8, 4) is 22.5 Å². The van der Waals surface area contributed by atoms with Crippen molar-refractivity contribution in [2.75, 3.05) is 25.4 Å². The Balaban J connectivity index is 1.61. The number of benzene rings is 1. The number of amides is 1. The molecule has 32 heavy (non-hydrogen) atoms. The molecule has 3 N–H and O–H groups in total. The molecule has 0 aliphatic carbocycles. The van der Waals surface area contributed by atoms with Crippen molar-refractivity contribution in [1.29, 1.82) is 0 Å². The maximum atomic E-state index is 12.8. The third-order valence-electron chi connectivity index (χ3n) is 5.36. The first-order valence-corrected chi connectivity index (χ1v) is 10.0. The highest BCUT2D eigenvalue weighted by molar-refractivity contribution is 5.72. The molecule has 1 amide bonds. The van der Waals surface area contributed by atoms with Gasteiger partial charge in [0.05, 0.1) is 17.9 Å². The van der Waals surface area contributed by atoms with Crippen LogP contribution in [0, 0.1) is 0 Å². The zero-order chi connectivity index (χ0) is 22.7. The molecule has 166 valence electrons. The molecule has 4 rings (SSSR count). The molecule has 1 aliphatic rings. The molecule has 7 nitrogen and oxygen atoms in total. The number of nitrogens with two attached hydrogens (primary N) is 1. The van der Waals surface area contributed by atoms with Crippen LogP contribution in [0.15, 0.2) is 48.8 Å². The predicted molar refractivity (Wildman–Crippen MR) is 113 cm³/mol. The quantitative estimate of drug-likeness (QED) is 0.602. The predicted octanol–water partition coefficient (Wildman–Crippen LogP) is 3.30. The van der Waals surface area contributed by atoms with E-state index in [9.17, 15) is 18.0 Å². The van der Waals surface area contributed by atoms with Gasteiger partial charge in [-0.1, -0.05) is 24.3 Å². The molecule has 1 aliphatic heterocycles. The lowest BCUT2D eigenvalue weighted by Gasteiger charge is -2.26. The van der Waals surface area contributed by atoms with Gasteiger partial charge < -0.3 is 16.0 Å². The fraction of sp³-hybridized carbons (Fsp3) is 0.273. The molecule has 0 radical (unpaired) electrons. The van der Waals surface area contributed by atoms with Crippen molar-refractivity contribution in [1.82, 2.24) is 25.2 Å². The lowest BCUT2D eigenvalue weighted by molar-refractivity contribution is -0.141. The second-order valence-corrected chi connectivity index (χ2v) is 7.46. The summed E-state index contributed by atoms with van der Waals surface area (Å²) in [5.41, 5.74) is 7.81. The van der Waals surface area contributed by atoms with Crippen molar-refractivity contribution >= 4 is 12.2 Å². The van der Waals surface area contributed by atoms with Gasteiger partial charge in [-0.25, -0.2) is 9.97 Å². The van der Waals surface area contributed by atoms with E-state index in [1.54, 1.807) is 4.90 Å². The molecule has 1 atom stereocenters. The molecule has 0 spiro atoms. The van der Waals surface area contributed by atoms with Crippen LogP contribution in [-0.4, -0.2) is 45.9 Å². The summed E-state index contributed by atoms with van der Waals surface area (Å²) in [4.78, 5) is 25.4. The van der Waals surface area contributed by atoms with Crippen molar-refractivity contribution in [2.45, 2.75) is 18.6 Å². The van der Waals surface area contributed by atoms with Crippen LogP contribution in [0.4, 0.5) is 19.0 Å². The Morgan fingerprint density at radius 2 is 1.81 bits per heavy atom. The second-order valence-electron chi connectivity index (χ2n) is 7.46. The van der Waals surface area contributed by atoms with E-state index in [1.165, 1.54) is 12.3 Å². The number of hydrogen-bond donors (Lipinski definition) is 2. The first-order valence-electron chi connectivity index (χ1n) is 10.0. The van der Waals surface area contributed by atoms with E-state index < -0.39 is 11.9 Å². The van der Waals surface area contributed by atoms with Gasteiger partial charge in [0.25, 0.3) is 0 Å². The standard InChI is InChI=1S/C22H21F3N6O/c23-22(24,25)19-7-6-16(10-28-19)20-21(26)29-11-17(30-20)14-2-4-15(5-3-14)18-12-27-8-1-9-31(18)13-32/h2-7,10-11,13,18,27H,1,8-9,12H2,(H2,26,29). The number of halogens is 3. The molecule has 1 saturated heterocycles. The fourth-order valence-corrected chi connectivity index (χ4v) is 3.66. The highest BCUT2D eigenvalue weighted by Gasteiger charge is 2.32. The highest BCUT2D eigenvalue weighted by Crippen LogP contribution is 2.31. The molecule has 3 heterocycles. The molecule has 3 aromatic rings. The summed E-state index contributed by atoms with van der Waals surface area (Å²) >= 11 is 0. The van der Waals surface area contributed by atoms with Crippen molar-refractivity contribution in [3.05, 3.63) is 60.0 Å². The van der Waals surface area contributed by atoms with E-state index in [4.69, 9.17) is 5.73 Å². The van der Waals surface area contributed by atoms with Gasteiger partial charge in [0, 0.05) is 30.4 Å². The number of hydrogen-bond acceptors (Lipinski definition) is 6. The normalized spacial score (nSPS) is 17.1. The summed E-state index contributed by atoms with van der Waals surface area (Å²) < 4.78 is 38.3. The van der Waals surface area contributed by atoms with Crippen LogP contribution in [0.25, 0.3) is 22.5 Å². The van der Waals surface area contributed by atoms with E-state index in [1.807, 2.05) is 24.3 Å². The number of aromatic nitrogens is 3. The Labute approximate surface area is 182 Å². The van der Waals surface area contributed by atoms with Gasteiger partial charge in [0.2, 0.25) is 6.41 Å². The zero-order valence-corrected chi connectivity index (χ0v) is 17.0. The molecule has 1 aromatic carbocycles. The van der Waals surface area contributed by atoms with Crippen molar-refractivity contribution < 1.29 is 18.0 Å². The van der Waals surface area contributed by atoms with E-state index in [0.29, 0.717) is 24.3 Å². The van der Waals surface area contributed by atoms with Crippen molar-refractivity contribution in [2.24, 2.45) is 0 Å². The van der Waals surface area contributed by atoms with Crippen LogP contribution in [-0.2, 0) is 11.0 Å². The molecular formula is C22H21F3N6O. The lowest BCUT2D eigenvalue weighted by atomic mass is 10.0. The zero-order valence-electron chi connectivity index (χ0n) is 17.0. The minimum absolute atomic E-state index is 0.0599. The minimum atomic E-state index is -4.52. The van der Waals surface area contributed by atoms with Gasteiger partial charge in [-0.3, -0.25) is 9.78 Å². The molecular weight excluding hydrogens is 421 g/mol. The smallest absolute Gasteiger partial charge is 0.382 e. The number of nitrogens with zero attached hydrogens (tertiary/aromatic N) is 4. The topological polar surface area (TPSA) is 97.0 Å². The number of nitrogens with one attached hydrogen (secondary N) is 1. The Morgan fingerprint density at radius 1 is 1.06 bits per heavy atom. The summed E-state index contributed by atoms with van der Waals surface area (Å²) in [6.45, 7) is 2.23. The number of rotatable bonds is 4. The third kappa shape index (κ3) is 4.54. The van der Waals surface area contributed by atoms with Crippen LogP contribution in [0.1, 0.15) is 23.7 Å². The second kappa shape index (κ2) is 8.91. The molecule has 10 heteroatoms. The van der Waals surface area contributed by atoms with Crippen LogP contribution in [0.5, 0.6) is 0 Å². The van der Waals surface area contributed by atoms with Gasteiger partial charge in [-0.05, 0) is 30.7 Å². The first kappa shape index (κ1) is 21.7. The number of anilines is 1. The average molecular weight is 442 g/mol. The first-order chi connectivity index (χ1) is 15.4. The summed E-state index contributed by atoms with van der Waals surface area (Å²) in [5, 5.41) is 3.34. The SMILES string of the molecule is Nc1ncc(-c2ccc(C3CNCCCN3C=O)cc2)nc1-c1ccc(C(F)(F)F)nc1. The Morgan fingerprint density at radius 3 is 2.47 bits per heavy atom. The summed E-state index contributed by atoms with van der Waals surface area (Å²) in [7, 11) is 0. The monoisotopic (exact) mass is 442 g/mol. The highest BCUT2D eigenvalue weighted by atomic mass is 19.4. The molecule has 0 saturated carbocycles. The number of nitrogen functional groups attached to an aromatic ring is 1. The maximum Gasteiger partial charge on any atom is 0.433 e. The molecule has 1 unspecified atom stereocenters. The van der Waals surface area contributed by atoms with Crippen LogP contribution < -0.4 is 11.1 Å². The summed E-state index contributed by atoms with van der Waals surface area (Å²) in [6.07, 6.45) is -0.150. The van der Waals surface area contributed by atoms with E-state index in [-0.39, 0.29) is 17.6 Å². The molecule has 1 fully saturated rings. The van der Waals surface area contributed by atoms with Gasteiger partial charge in [-0.15, -0.1) is 0 Å². The lowest BCUT2D eigenvalue weighted by Crippen LogP contribution is -2.31. The number of carbonyl (C=O) groups excluding carboxylic acids is 1. The van der Waals surface area contributed by atoms with Gasteiger partial charge >= 0.3 is 6.18 Å². The van der Waals surface area contributed by atoms with Gasteiger partial charge in [-0.2, -0.15) is 13.2 Å². The molecule has 0 bridgehead atoms. The summed E-state index contributed by atoms with van der Waals surface area (Å²) in [6, 6.07) is 9.71. The van der Waals surface area contributed by atoms with Crippen molar-refractivity contribution in [3.63, 3.8) is 0 Å². The minimum Gasteiger partial charge on any atom is -0.382 e. The number of alkyl halides is 3.